The average Bonchev–Trinajstić information content (AvgIpc) is 2.27. The van der Waals surface area contributed by atoms with Gasteiger partial charge in [-0.2, -0.15) is 0 Å². The van der Waals surface area contributed by atoms with Crippen LogP contribution in [0.3, 0.4) is 0 Å². The maximum atomic E-state index is 9.31. The average molecular weight is 158 g/mol. The Labute approximate surface area is 66.3 Å². The maximum Gasteiger partial charge on any atom is 0.109 e. The second-order valence-electron chi connectivity index (χ2n) is 3.33. The summed E-state index contributed by atoms with van der Waals surface area (Å²) in [5.41, 5.74) is 0. The fourth-order valence-corrected chi connectivity index (χ4v) is 1.41. The summed E-state index contributed by atoms with van der Waals surface area (Å²) in [6.45, 7) is 1.01. The molecule has 0 aromatic rings. The van der Waals surface area contributed by atoms with Crippen molar-refractivity contribution in [2.24, 2.45) is 0 Å². The van der Waals surface area contributed by atoms with E-state index in [4.69, 9.17) is 9.47 Å². The van der Waals surface area contributed by atoms with E-state index in [2.05, 4.69) is 0 Å². The molecule has 0 amide bonds. The van der Waals surface area contributed by atoms with E-state index in [1.807, 2.05) is 0 Å². The van der Waals surface area contributed by atoms with Gasteiger partial charge in [-0.1, -0.05) is 0 Å². The first-order valence-corrected chi connectivity index (χ1v) is 4.27. The number of aliphatic hydroxyl groups excluding tert-OH is 1. The highest BCUT2D eigenvalue weighted by Crippen LogP contribution is 2.25. The molecule has 2 rings (SSSR count). The van der Waals surface area contributed by atoms with Crippen LogP contribution in [0.4, 0.5) is 0 Å². The monoisotopic (exact) mass is 158 g/mol. The van der Waals surface area contributed by atoms with Gasteiger partial charge in [0, 0.05) is 0 Å². The molecule has 1 aliphatic heterocycles. The van der Waals surface area contributed by atoms with Gasteiger partial charge >= 0.3 is 0 Å². The van der Waals surface area contributed by atoms with Crippen LogP contribution in [0.25, 0.3) is 0 Å². The molecule has 2 fully saturated rings. The Kier molecular flexibility index (Phi) is 2.11. The fourth-order valence-electron chi connectivity index (χ4n) is 1.41. The van der Waals surface area contributed by atoms with Crippen molar-refractivity contribution >= 4 is 0 Å². The Bertz CT molecular complexity index is 133. The number of ether oxygens (including phenoxy) is 2. The molecule has 0 bridgehead atoms. The summed E-state index contributed by atoms with van der Waals surface area (Å²) in [4.78, 5) is 0. The molecule has 1 N–H and O–H groups in total. The van der Waals surface area contributed by atoms with Gasteiger partial charge in [-0.05, 0) is 19.3 Å². The van der Waals surface area contributed by atoms with E-state index in [9.17, 15) is 5.11 Å². The zero-order valence-corrected chi connectivity index (χ0v) is 6.53. The second kappa shape index (κ2) is 3.09. The maximum absolute atomic E-state index is 9.31. The molecule has 0 aromatic carbocycles. The first-order valence-electron chi connectivity index (χ1n) is 4.27. The van der Waals surface area contributed by atoms with Gasteiger partial charge in [0.2, 0.25) is 0 Å². The van der Waals surface area contributed by atoms with Crippen molar-refractivity contribution in [3.63, 3.8) is 0 Å². The van der Waals surface area contributed by atoms with Gasteiger partial charge in [-0.15, -0.1) is 0 Å². The van der Waals surface area contributed by atoms with Crippen LogP contribution in [0.5, 0.6) is 0 Å². The second-order valence-corrected chi connectivity index (χ2v) is 3.33. The molecule has 0 spiro atoms. The molecule has 11 heavy (non-hydrogen) atoms. The van der Waals surface area contributed by atoms with Crippen molar-refractivity contribution in [2.45, 2.75) is 37.6 Å². The third-order valence-corrected chi connectivity index (χ3v) is 2.42. The molecule has 0 radical (unpaired) electrons. The molecule has 2 aliphatic rings. The van der Waals surface area contributed by atoms with Crippen LogP contribution < -0.4 is 0 Å². The molecule has 64 valence electrons. The van der Waals surface area contributed by atoms with Gasteiger partial charge in [0.05, 0.1) is 19.3 Å². The topological polar surface area (TPSA) is 38.7 Å². The van der Waals surface area contributed by atoms with Crippen LogP contribution in [0.1, 0.15) is 19.3 Å². The van der Waals surface area contributed by atoms with Crippen LogP contribution in [-0.2, 0) is 9.47 Å². The summed E-state index contributed by atoms with van der Waals surface area (Å²) >= 11 is 0. The zero-order chi connectivity index (χ0) is 7.68. The van der Waals surface area contributed by atoms with Crippen LogP contribution in [0.2, 0.25) is 0 Å². The summed E-state index contributed by atoms with van der Waals surface area (Å²) in [6, 6.07) is 0. The van der Waals surface area contributed by atoms with Gasteiger partial charge < -0.3 is 14.6 Å². The molecular weight excluding hydrogens is 144 g/mol. The van der Waals surface area contributed by atoms with Crippen LogP contribution in [0, 0.1) is 0 Å². The van der Waals surface area contributed by atoms with Gasteiger partial charge in [0.15, 0.2) is 0 Å². The van der Waals surface area contributed by atoms with E-state index in [1.54, 1.807) is 0 Å². The normalized spacial score (nSPS) is 39.0. The highest BCUT2D eigenvalue weighted by molar-refractivity contribution is 4.79. The minimum absolute atomic E-state index is 0.0553. The molecule has 0 unspecified atom stereocenters. The van der Waals surface area contributed by atoms with Crippen molar-refractivity contribution in [3.05, 3.63) is 0 Å². The lowest BCUT2D eigenvalue weighted by Gasteiger charge is -2.29. The van der Waals surface area contributed by atoms with Crippen molar-refractivity contribution in [1.82, 2.24) is 0 Å². The Balaban J connectivity index is 1.75. The van der Waals surface area contributed by atoms with Crippen molar-refractivity contribution in [3.8, 4) is 0 Å². The minimum atomic E-state index is -0.393. The van der Waals surface area contributed by atoms with Gasteiger partial charge in [-0.3, -0.25) is 0 Å². The third kappa shape index (κ3) is 1.55. The van der Waals surface area contributed by atoms with E-state index in [1.165, 1.54) is 6.42 Å². The van der Waals surface area contributed by atoms with E-state index < -0.39 is 6.10 Å². The molecule has 0 aromatic heterocycles. The Morgan fingerprint density at radius 3 is 2.55 bits per heavy atom. The molecule has 1 aliphatic carbocycles. The first-order chi connectivity index (χ1) is 5.36. The highest BCUT2D eigenvalue weighted by atomic mass is 16.6. The molecule has 2 atom stereocenters. The summed E-state index contributed by atoms with van der Waals surface area (Å²) in [5, 5.41) is 9.31. The summed E-state index contributed by atoms with van der Waals surface area (Å²) < 4.78 is 10.6. The summed E-state index contributed by atoms with van der Waals surface area (Å²) in [6.07, 6.45) is 3.54. The van der Waals surface area contributed by atoms with E-state index in [-0.39, 0.29) is 6.10 Å². The number of hydrogen-bond donors (Lipinski definition) is 1. The van der Waals surface area contributed by atoms with Crippen molar-refractivity contribution in [1.29, 1.82) is 0 Å². The van der Waals surface area contributed by atoms with Gasteiger partial charge in [-0.25, -0.2) is 0 Å². The fraction of sp³-hybridized carbons (Fsp3) is 1.00. The zero-order valence-electron chi connectivity index (χ0n) is 6.53. The van der Waals surface area contributed by atoms with Crippen LogP contribution in [0.15, 0.2) is 0 Å². The van der Waals surface area contributed by atoms with E-state index in [0.717, 1.165) is 12.8 Å². The largest absolute Gasteiger partial charge is 0.388 e. The molecule has 1 heterocycles. The molecule has 3 nitrogen and oxygen atoms in total. The van der Waals surface area contributed by atoms with Gasteiger partial charge in [0.25, 0.3) is 0 Å². The Morgan fingerprint density at radius 2 is 2.09 bits per heavy atom. The lowest BCUT2D eigenvalue weighted by molar-refractivity contribution is -0.0838. The Hall–Kier alpha value is -0.120. The predicted molar refractivity (Wildman–Crippen MR) is 39.3 cm³/mol. The van der Waals surface area contributed by atoms with E-state index in [0.29, 0.717) is 19.3 Å². The minimum Gasteiger partial charge on any atom is -0.388 e. The molecule has 1 saturated carbocycles. The lowest BCUT2D eigenvalue weighted by Crippen LogP contribution is -2.34. The molecule has 3 heteroatoms. The molecular formula is C8H14O3. The van der Waals surface area contributed by atoms with Crippen LogP contribution in [-0.4, -0.2) is 36.6 Å². The standard InChI is InChI=1S/C8H14O3/c9-7-4-10-5-8(7)11-6-2-1-3-6/h6-9H,1-5H2/t7-,8-/m1/s1. The quantitative estimate of drug-likeness (QED) is 0.628. The van der Waals surface area contributed by atoms with Crippen molar-refractivity contribution < 1.29 is 14.6 Å². The van der Waals surface area contributed by atoms with E-state index >= 15 is 0 Å². The Morgan fingerprint density at radius 1 is 1.27 bits per heavy atom. The summed E-state index contributed by atoms with van der Waals surface area (Å²) in [5.74, 6) is 0. The SMILES string of the molecule is O[C@@H]1COC[C@H]1OC1CCC1. The van der Waals surface area contributed by atoms with Gasteiger partial charge in [0.1, 0.15) is 12.2 Å². The highest BCUT2D eigenvalue weighted by Gasteiger charge is 2.31. The lowest BCUT2D eigenvalue weighted by atomic mass is 9.96. The third-order valence-electron chi connectivity index (χ3n) is 2.42. The smallest absolute Gasteiger partial charge is 0.109 e. The number of hydrogen-bond acceptors (Lipinski definition) is 3. The predicted octanol–water partition coefficient (Wildman–Crippen LogP) is 0.315. The van der Waals surface area contributed by atoms with Crippen LogP contribution >= 0.6 is 0 Å². The summed E-state index contributed by atoms with van der Waals surface area (Å²) in [7, 11) is 0. The molecule has 1 saturated heterocycles. The van der Waals surface area contributed by atoms with Crippen molar-refractivity contribution in [2.75, 3.05) is 13.2 Å². The first kappa shape index (κ1) is 7.53. The number of aliphatic hydroxyl groups is 1. The number of rotatable bonds is 2.